The molecular formula is C22H38N10O7. The van der Waals surface area contributed by atoms with Crippen LogP contribution < -0.4 is 38.9 Å². The van der Waals surface area contributed by atoms with Gasteiger partial charge in [-0.25, -0.2) is 9.78 Å². The highest BCUT2D eigenvalue weighted by molar-refractivity contribution is 5.94. The van der Waals surface area contributed by atoms with Crippen molar-refractivity contribution in [3.05, 3.63) is 18.2 Å². The van der Waals surface area contributed by atoms with E-state index in [9.17, 15) is 29.1 Å². The monoisotopic (exact) mass is 554 g/mol. The topological polar surface area (TPSA) is 307 Å². The molecule has 0 saturated heterocycles. The van der Waals surface area contributed by atoms with E-state index in [2.05, 4.69) is 30.9 Å². The number of H-pyrrole nitrogens is 1. The predicted octanol–water partition coefficient (Wildman–Crippen LogP) is -3.52. The number of aromatic nitrogens is 2. The number of hydrogen-bond acceptors (Lipinski definition) is 9. The summed E-state index contributed by atoms with van der Waals surface area (Å²) in [6.45, 7) is 0.548. The van der Waals surface area contributed by atoms with Gasteiger partial charge in [0.1, 0.15) is 18.1 Å². The number of carbonyl (C=O) groups is 5. The fourth-order valence-corrected chi connectivity index (χ4v) is 3.44. The first kappa shape index (κ1) is 32.8. The van der Waals surface area contributed by atoms with Crippen LogP contribution in [0, 0.1) is 0 Å². The lowest BCUT2D eigenvalue weighted by molar-refractivity contribution is -0.147. The zero-order valence-corrected chi connectivity index (χ0v) is 21.5. The Labute approximate surface area is 224 Å². The van der Waals surface area contributed by atoms with Gasteiger partial charge >= 0.3 is 11.9 Å². The SMILES string of the molecule is NCCCCC(N)C(=O)NC(Cc1cnc[nH]1)C(=O)NC(CCCN=C(N)N)C(=O)NC(CC(=O)O)C(=O)O. The third-order valence-corrected chi connectivity index (χ3v) is 5.49. The molecule has 0 aliphatic rings. The molecule has 218 valence electrons. The van der Waals surface area contributed by atoms with Crippen LogP contribution in [0.4, 0.5) is 0 Å². The first-order valence-electron chi connectivity index (χ1n) is 12.3. The van der Waals surface area contributed by atoms with E-state index in [-0.39, 0.29) is 31.8 Å². The number of aromatic amines is 1. The summed E-state index contributed by atoms with van der Waals surface area (Å²) in [6.07, 6.45) is 3.75. The van der Waals surface area contributed by atoms with E-state index < -0.39 is 60.2 Å². The fourth-order valence-electron chi connectivity index (χ4n) is 3.44. The molecule has 0 fully saturated rings. The van der Waals surface area contributed by atoms with Gasteiger partial charge in [-0.05, 0) is 32.2 Å². The highest BCUT2D eigenvalue weighted by Crippen LogP contribution is 2.06. The second kappa shape index (κ2) is 17.3. The van der Waals surface area contributed by atoms with Crippen molar-refractivity contribution in [3.8, 4) is 0 Å². The number of carboxylic acid groups (broad SMARTS) is 2. The molecule has 0 spiro atoms. The first-order chi connectivity index (χ1) is 18.4. The van der Waals surface area contributed by atoms with Crippen molar-refractivity contribution in [1.82, 2.24) is 25.9 Å². The molecule has 39 heavy (non-hydrogen) atoms. The third-order valence-electron chi connectivity index (χ3n) is 5.49. The minimum atomic E-state index is -1.74. The fraction of sp³-hybridized carbons (Fsp3) is 0.591. The van der Waals surface area contributed by atoms with E-state index in [4.69, 9.17) is 28.0 Å². The number of imidazole rings is 1. The maximum Gasteiger partial charge on any atom is 0.326 e. The van der Waals surface area contributed by atoms with Crippen molar-refractivity contribution in [2.45, 2.75) is 69.1 Å². The Morgan fingerprint density at radius 1 is 0.923 bits per heavy atom. The molecule has 0 aliphatic heterocycles. The van der Waals surface area contributed by atoms with E-state index >= 15 is 0 Å². The van der Waals surface area contributed by atoms with Crippen molar-refractivity contribution in [3.63, 3.8) is 0 Å². The largest absolute Gasteiger partial charge is 0.481 e. The average molecular weight is 555 g/mol. The van der Waals surface area contributed by atoms with Gasteiger partial charge in [0, 0.05) is 24.9 Å². The summed E-state index contributed by atoms with van der Waals surface area (Å²) < 4.78 is 0. The number of carboxylic acids is 2. The van der Waals surface area contributed by atoms with Crippen LogP contribution in [0.5, 0.6) is 0 Å². The van der Waals surface area contributed by atoms with Gasteiger partial charge in [-0.3, -0.25) is 24.2 Å². The molecule has 17 heteroatoms. The van der Waals surface area contributed by atoms with E-state index in [0.29, 0.717) is 31.5 Å². The number of nitrogens with zero attached hydrogens (tertiary/aromatic N) is 2. The Morgan fingerprint density at radius 2 is 1.56 bits per heavy atom. The Morgan fingerprint density at radius 3 is 2.13 bits per heavy atom. The van der Waals surface area contributed by atoms with Gasteiger partial charge in [0.05, 0.1) is 18.8 Å². The minimum absolute atomic E-state index is 0.0216. The Kier molecular flexibility index (Phi) is 14.5. The summed E-state index contributed by atoms with van der Waals surface area (Å²) >= 11 is 0. The smallest absolute Gasteiger partial charge is 0.326 e. The minimum Gasteiger partial charge on any atom is -0.481 e. The zero-order valence-electron chi connectivity index (χ0n) is 21.5. The molecule has 4 unspecified atom stereocenters. The number of nitrogens with two attached hydrogens (primary N) is 4. The van der Waals surface area contributed by atoms with Gasteiger partial charge < -0.3 is 54.1 Å². The molecule has 0 saturated carbocycles. The van der Waals surface area contributed by atoms with Crippen LogP contribution in [0.3, 0.4) is 0 Å². The number of carbonyl (C=O) groups excluding carboxylic acids is 3. The summed E-state index contributed by atoms with van der Waals surface area (Å²) in [5.74, 6) is -5.48. The van der Waals surface area contributed by atoms with Crippen LogP contribution in [0.2, 0.25) is 0 Å². The molecule has 0 radical (unpaired) electrons. The maximum absolute atomic E-state index is 13.3. The summed E-state index contributed by atoms with van der Waals surface area (Å²) in [4.78, 5) is 71.8. The lowest BCUT2D eigenvalue weighted by atomic mass is 10.1. The molecular weight excluding hydrogens is 516 g/mol. The number of unbranched alkanes of at least 4 members (excludes halogenated alkanes) is 1. The van der Waals surface area contributed by atoms with Gasteiger partial charge in [-0.1, -0.05) is 6.42 Å². The van der Waals surface area contributed by atoms with Crippen LogP contribution in [0.1, 0.15) is 44.2 Å². The number of nitrogens with one attached hydrogen (secondary N) is 4. The Balaban J connectivity index is 3.08. The second-order valence-corrected chi connectivity index (χ2v) is 8.74. The van der Waals surface area contributed by atoms with Crippen LogP contribution in [-0.2, 0) is 30.4 Å². The van der Waals surface area contributed by atoms with E-state index in [0.717, 1.165) is 0 Å². The standard InChI is InChI=1S/C22H38N10O7/c23-6-2-1-4-13(24)18(35)31-15(8-12-10-27-11-29-12)20(37)30-14(5-3-7-28-22(25)26)19(36)32-16(21(38)39)9-17(33)34/h10-11,13-16H,1-9,23-24H2,(H,27,29)(H,30,37)(H,31,35)(H,32,36)(H,33,34)(H,38,39)(H4,25,26,28). The summed E-state index contributed by atoms with van der Waals surface area (Å²) in [7, 11) is 0. The number of hydrogen-bond donors (Lipinski definition) is 10. The molecule has 1 aromatic heterocycles. The lowest BCUT2D eigenvalue weighted by Crippen LogP contribution is -2.57. The maximum atomic E-state index is 13.3. The number of amides is 3. The van der Waals surface area contributed by atoms with Crippen LogP contribution in [0.25, 0.3) is 0 Å². The zero-order chi connectivity index (χ0) is 29.4. The molecule has 1 rings (SSSR count). The van der Waals surface area contributed by atoms with E-state index in [1.165, 1.54) is 12.5 Å². The van der Waals surface area contributed by atoms with Gasteiger partial charge in [0.25, 0.3) is 0 Å². The Hall–Kier alpha value is -4.25. The lowest BCUT2D eigenvalue weighted by Gasteiger charge is -2.25. The van der Waals surface area contributed by atoms with Gasteiger partial charge in [-0.2, -0.15) is 0 Å². The molecule has 1 aromatic rings. The average Bonchev–Trinajstić information content (AvgIpc) is 3.37. The molecule has 0 aliphatic carbocycles. The molecule has 0 aromatic carbocycles. The molecule has 1 heterocycles. The van der Waals surface area contributed by atoms with Crippen molar-refractivity contribution in [2.24, 2.45) is 27.9 Å². The summed E-state index contributed by atoms with van der Waals surface area (Å²) in [5, 5.41) is 25.4. The quantitative estimate of drug-likeness (QED) is 0.0452. The van der Waals surface area contributed by atoms with E-state index in [1.54, 1.807) is 0 Å². The predicted molar refractivity (Wildman–Crippen MR) is 139 cm³/mol. The number of aliphatic carboxylic acids is 2. The first-order valence-corrected chi connectivity index (χ1v) is 12.3. The van der Waals surface area contributed by atoms with Gasteiger partial charge in [0.15, 0.2) is 5.96 Å². The molecule has 14 N–H and O–H groups in total. The normalized spacial score (nSPS) is 13.8. The third kappa shape index (κ3) is 13.2. The number of guanidine groups is 1. The van der Waals surface area contributed by atoms with Gasteiger partial charge in [-0.15, -0.1) is 0 Å². The van der Waals surface area contributed by atoms with Crippen molar-refractivity contribution in [2.75, 3.05) is 13.1 Å². The number of aliphatic imine (C=N–C) groups is 1. The second-order valence-electron chi connectivity index (χ2n) is 8.74. The highest BCUT2D eigenvalue weighted by Gasteiger charge is 2.31. The Bertz CT molecular complexity index is 982. The van der Waals surface area contributed by atoms with Crippen molar-refractivity contribution in [1.29, 1.82) is 0 Å². The van der Waals surface area contributed by atoms with Crippen LogP contribution in [-0.4, -0.2) is 93.1 Å². The molecule has 3 amide bonds. The van der Waals surface area contributed by atoms with Gasteiger partial charge in [0.2, 0.25) is 17.7 Å². The van der Waals surface area contributed by atoms with Crippen molar-refractivity contribution < 1.29 is 34.2 Å². The molecule has 17 nitrogen and oxygen atoms in total. The van der Waals surface area contributed by atoms with Crippen molar-refractivity contribution >= 4 is 35.6 Å². The summed E-state index contributed by atoms with van der Waals surface area (Å²) in [6, 6.07) is -5.12. The van der Waals surface area contributed by atoms with Crippen LogP contribution in [0.15, 0.2) is 17.5 Å². The van der Waals surface area contributed by atoms with E-state index in [1.807, 2.05) is 0 Å². The summed E-state index contributed by atoms with van der Waals surface area (Å²) in [5.41, 5.74) is 22.5. The molecule has 4 atom stereocenters. The van der Waals surface area contributed by atoms with Crippen LogP contribution >= 0.6 is 0 Å². The molecule has 0 bridgehead atoms. The number of rotatable bonds is 19. The highest BCUT2D eigenvalue weighted by atomic mass is 16.4.